The Bertz CT molecular complexity index is 1360. The predicted octanol–water partition coefficient (Wildman–Crippen LogP) is 5.01. The molecule has 4 atom stereocenters. The fourth-order valence-corrected chi connectivity index (χ4v) is 4.73. The van der Waals surface area contributed by atoms with Gasteiger partial charge in [-0.05, 0) is 72.8 Å². The average molecular weight is 650 g/mol. The third kappa shape index (κ3) is 7.10. The molecule has 0 aliphatic carbocycles. The number of benzene rings is 3. The molecular formula is C29H26BrClO10. The van der Waals surface area contributed by atoms with Crippen molar-refractivity contribution >= 4 is 45.4 Å². The van der Waals surface area contributed by atoms with Crippen molar-refractivity contribution in [2.45, 2.75) is 22.3 Å². The monoisotopic (exact) mass is 648 g/mol. The largest absolute Gasteiger partial charge is 0.497 e. The molecule has 1 fully saturated rings. The van der Waals surface area contributed by atoms with Crippen molar-refractivity contribution in [3.8, 4) is 17.2 Å². The second-order valence-corrected chi connectivity index (χ2v) is 11.1. The quantitative estimate of drug-likeness (QED) is 0.169. The lowest BCUT2D eigenvalue weighted by molar-refractivity contribution is -0.118. The zero-order valence-corrected chi connectivity index (χ0v) is 24.5. The van der Waals surface area contributed by atoms with E-state index in [4.69, 9.17) is 44.8 Å². The van der Waals surface area contributed by atoms with Crippen molar-refractivity contribution in [2.24, 2.45) is 0 Å². The van der Waals surface area contributed by atoms with Crippen LogP contribution in [0.3, 0.4) is 0 Å². The van der Waals surface area contributed by atoms with Gasteiger partial charge in [0.25, 0.3) is 0 Å². The highest BCUT2D eigenvalue weighted by atomic mass is 79.9. The highest BCUT2D eigenvalue weighted by Crippen LogP contribution is 2.45. The summed E-state index contributed by atoms with van der Waals surface area (Å²) in [6, 6.07) is 18.7. The molecule has 0 radical (unpaired) electrons. The molecule has 0 amide bonds. The molecule has 0 aromatic heterocycles. The van der Waals surface area contributed by atoms with Crippen molar-refractivity contribution in [3.63, 3.8) is 0 Å². The molecule has 12 heteroatoms. The standard InChI is InChI=1S/C29H26BrClO10/c1-35-20-10-4-17(5-11-20)25(32)38-16-23-24(40-26(33)18-6-12-21(36-2)13-7-18)29(30,31)28(39-23)41-27(34)19-8-14-22(37-3)15-9-19/h4-15,23-24,28H,16H2,1-3H3/t23-,24-,28?,29-/m1/s1. The van der Waals surface area contributed by atoms with Gasteiger partial charge >= 0.3 is 17.9 Å². The van der Waals surface area contributed by atoms with Gasteiger partial charge in [0.1, 0.15) is 30.0 Å². The van der Waals surface area contributed by atoms with Crippen LogP contribution in [-0.2, 0) is 18.9 Å². The van der Waals surface area contributed by atoms with Gasteiger partial charge in [0.05, 0.1) is 38.0 Å². The fraction of sp³-hybridized carbons (Fsp3) is 0.276. The molecule has 1 saturated heterocycles. The number of alkyl halides is 2. The third-order valence-corrected chi connectivity index (χ3v) is 7.35. The Hall–Kier alpha value is -3.80. The lowest BCUT2D eigenvalue weighted by Gasteiger charge is -2.26. The maximum absolute atomic E-state index is 13.0. The minimum Gasteiger partial charge on any atom is -0.497 e. The Morgan fingerprint density at radius 1 is 0.707 bits per heavy atom. The first-order valence-electron chi connectivity index (χ1n) is 12.2. The highest BCUT2D eigenvalue weighted by Gasteiger charge is 2.59. The van der Waals surface area contributed by atoms with E-state index in [-0.39, 0.29) is 23.3 Å². The molecule has 1 aliphatic heterocycles. The summed E-state index contributed by atoms with van der Waals surface area (Å²) in [5.41, 5.74) is 0.669. The Morgan fingerprint density at radius 3 is 1.51 bits per heavy atom. The topological polar surface area (TPSA) is 116 Å². The normalized spacial score (nSPS) is 21.4. The van der Waals surface area contributed by atoms with Crippen LogP contribution in [0.25, 0.3) is 0 Å². The van der Waals surface area contributed by atoms with Crippen LogP contribution in [0.2, 0.25) is 0 Å². The van der Waals surface area contributed by atoms with Gasteiger partial charge in [0, 0.05) is 0 Å². The van der Waals surface area contributed by atoms with Crippen molar-refractivity contribution in [3.05, 3.63) is 89.5 Å². The van der Waals surface area contributed by atoms with Crippen LogP contribution in [-0.4, -0.2) is 68.1 Å². The maximum atomic E-state index is 13.0. The van der Waals surface area contributed by atoms with Gasteiger partial charge in [0.2, 0.25) is 10.1 Å². The molecule has 1 heterocycles. The van der Waals surface area contributed by atoms with Gasteiger partial charge < -0.3 is 33.2 Å². The van der Waals surface area contributed by atoms with Crippen LogP contribution in [0.1, 0.15) is 31.1 Å². The van der Waals surface area contributed by atoms with Crippen molar-refractivity contribution in [1.82, 2.24) is 0 Å². The lowest BCUT2D eigenvalue weighted by atomic mass is 10.1. The Kier molecular flexibility index (Phi) is 9.74. The number of ether oxygens (including phenoxy) is 7. The zero-order valence-electron chi connectivity index (χ0n) is 22.2. The smallest absolute Gasteiger partial charge is 0.340 e. The van der Waals surface area contributed by atoms with E-state index >= 15 is 0 Å². The molecule has 3 aromatic rings. The number of esters is 3. The molecule has 4 rings (SSSR count). The Balaban J connectivity index is 1.52. The molecule has 0 saturated carbocycles. The molecule has 0 N–H and O–H groups in total. The second-order valence-electron chi connectivity index (χ2n) is 8.70. The number of carbonyl (C=O) groups is 3. The van der Waals surface area contributed by atoms with Crippen molar-refractivity contribution in [2.75, 3.05) is 27.9 Å². The van der Waals surface area contributed by atoms with E-state index in [0.717, 1.165) is 0 Å². The molecule has 0 spiro atoms. The first-order valence-corrected chi connectivity index (χ1v) is 13.4. The lowest BCUT2D eigenvalue weighted by Crippen LogP contribution is -2.43. The molecule has 10 nitrogen and oxygen atoms in total. The number of hydrogen-bond acceptors (Lipinski definition) is 10. The van der Waals surface area contributed by atoms with Crippen LogP contribution in [0.5, 0.6) is 17.2 Å². The van der Waals surface area contributed by atoms with E-state index in [1.807, 2.05) is 0 Å². The fourth-order valence-electron chi connectivity index (χ4n) is 3.86. The van der Waals surface area contributed by atoms with Gasteiger partial charge in [-0.1, -0.05) is 27.5 Å². The first-order chi connectivity index (χ1) is 19.7. The van der Waals surface area contributed by atoms with E-state index in [1.54, 1.807) is 36.4 Å². The van der Waals surface area contributed by atoms with Crippen LogP contribution in [0.4, 0.5) is 0 Å². The molecule has 3 aromatic carbocycles. The second kappa shape index (κ2) is 13.2. The minimum absolute atomic E-state index is 0.204. The van der Waals surface area contributed by atoms with Crippen LogP contribution >= 0.6 is 27.5 Å². The van der Waals surface area contributed by atoms with E-state index in [0.29, 0.717) is 17.2 Å². The maximum Gasteiger partial charge on any atom is 0.340 e. The first kappa shape index (κ1) is 30.2. The van der Waals surface area contributed by atoms with Gasteiger partial charge in [-0.15, -0.1) is 0 Å². The highest BCUT2D eigenvalue weighted by molar-refractivity contribution is 9.10. The summed E-state index contributed by atoms with van der Waals surface area (Å²) >= 11 is 10.1. The van der Waals surface area contributed by atoms with Gasteiger partial charge in [-0.25, -0.2) is 14.4 Å². The molecule has 216 valence electrons. The summed E-state index contributed by atoms with van der Waals surface area (Å²) in [4.78, 5) is 38.6. The molecule has 1 unspecified atom stereocenters. The van der Waals surface area contributed by atoms with E-state index in [2.05, 4.69) is 15.9 Å². The van der Waals surface area contributed by atoms with Gasteiger partial charge in [-0.2, -0.15) is 0 Å². The number of rotatable bonds is 10. The van der Waals surface area contributed by atoms with Crippen molar-refractivity contribution in [1.29, 1.82) is 0 Å². The van der Waals surface area contributed by atoms with Crippen molar-refractivity contribution < 1.29 is 47.5 Å². The summed E-state index contributed by atoms with van der Waals surface area (Å²) < 4.78 is 36.2. The van der Waals surface area contributed by atoms with Gasteiger partial charge in [0.15, 0.2) is 6.10 Å². The summed E-state index contributed by atoms with van der Waals surface area (Å²) in [5.74, 6) is -0.483. The molecular weight excluding hydrogens is 624 g/mol. The number of hydrogen-bond donors (Lipinski definition) is 0. The number of carbonyl (C=O) groups excluding carboxylic acids is 3. The van der Waals surface area contributed by atoms with Crippen LogP contribution < -0.4 is 14.2 Å². The van der Waals surface area contributed by atoms with E-state index < -0.39 is 40.2 Å². The van der Waals surface area contributed by atoms with E-state index in [1.165, 1.54) is 57.7 Å². The summed E-state index contributed by atoms with van der Waals surface area (Å²) in [6.45, 7) is -0.373. The SMILES string of the molecule is COc1ccc(C(=O)OC[C@H]2OC(OC(=O)c3ccc(OC)cc3)[C@@](Cl)(Br)[C@@H]2OC(=O)c2ccc(OC)cc2)cc1. The molecule has 1 aliphatic rings. The minimum atomic E-state index is -1.73. The third-order valence-electron chi connectivity index (χ3n) is 6.13. The molecule has 0 bridgehead atoms. The number of halogens is 2. The summed E-state index contributed by atoms with van der Waals surface area (Å²) in [5, 5.41) is 0. The van der Waals surface area contributed by atoms with E-state index in [9.17, 15) is 14.4 Å². The Morgan fingerprint density at radius 2 is 1.10 bits per heavy atom. The predicted molar refractivity (Wildman–Crippen MR) is 150 cm³/mol. The molecule has 41 heavy (non-hydrogen) atoms. The summed E-state index contributed by atoms with van der Waals surface area (Å²) in [7, 11) is 4.51. The van der Waals surface area contributed by atoms with Gasteiger partial charge in [-0.3, -0.25) is 0 Å². The number of methoxy groups -OCH3 is 3. The van der Waals surface area contributed by atoms with Crippen LogP contribution in [0, 0.1) is 0 Å². The summed E-state index contributed by atoms with van der Waals surface area (Å²) in [6.07, 6.45) is -3.79. The Labute approximate surface area is 249 Å². The van der Waals surface area contributed by atoms with Crippen LogP contribution in [0.15, 0.2) is 72.8 Å². The zero-order chi connectivity index (χ0) is 29.6. The average Bonchev–Trinajstić information content (AvgIpc) is 3.23.